The minimum Gasteiger partial charge on any atom is -0.457 e. The van der Waals surface area contributed by atoms with E-state index in [1.165, 1.54) is 15.9 Å². The summed E-state index contributed by atoms with van der Waals surface area (Å²) in [6.45, 7) is 7.52. The van der Waals surface area contributed by atoms with Crippen LogP contribution in [0.15, 0.2) is 91.0 Å². The van der Waals surface area contributed by atoms with Crippen LogP contribution < -0.4 is 21.2 Å². The van der Waals surface area contributed by atoms with Crippen molar-refractivity contribution in [2.45, 2.75) is 32.0 Å². The third-order valence-electron chi connectivity index (χ3n) is 5.82. The van der Waals surface area contributed by atoms with Crippen LogP contribution in [0.3, 0.4) is 0 Å². The molecule has 1 atom stereocenters. The van der Waals surface area contributed by atoms with Crippen molar-refractivity contribution in [1.29, 1.82) is 0 Å². The van der Waals surface area contributed by atoms with Crippen molar-refractivity contribution in [3.8, 4) is 0 Å². The van der Waals surface area contributed by atoms with Gasteiger partial charge in [0.05, 0.1) is 0 Å². The van der Waals surface area contributed by atoms with Crippen molar-refractivity contribution in [2.75, 3.05) is 13.1 Å². The summed E-state index contributed by atoms with van der Waals surface area (Å²) < 4.78 is 6.09. The highest BCUT2D eigenvalue weighted by atomic mass is 31.2. The molecular formula is C27H31NO2P+. The molecule has 160 valence electrons. The van der Waals surface area contributed by atoms with E-state index in [9.17, 15) is 4.79 Å². The molecule has 3 aromatic rings. The normalized spacial score (nSPS) is 15.7. The van der Waals surface area contributed by atoms with Crippen LogP contribution in [0.1, 0.15) is 20.8 Å². The number of hydrogen-bond acceptors (Lipinski definition) is 3. The number of rotatable bonds is 6. The summed E-state index contributed by atoms with van der Waals surface area (Å²) in [5.74, 6) is 0.132. The van der Waals surface area contributed by atoms with Gasteiger partial charge < -0.3 is 10.1 Å². The Hall–Kier alpha value is -2.48. The lowest BCUT2D eigenvalue weighted by Gasteiger charge is -2.41. The molecule has 1 saturated heterocycles. The summed E-state index contributed by atoms with van der Waals surface area (Å²) in [4.78, 5) is 13.9. The molecule has 0 aromatic heterocycles. The van der Waals surface area contributed by atoms with Crippen molar-refractivity contribution in [3.05, 3.63) is 91.0 Å². The van der Waals surface area contributed by atoms with Gasteiger partial charge in [0.1, 0.15) is 28.8 Å². The van der Waals surface area contributed by atoms with E-state index in [2.05, 4.69) is 78.1 Å². The average molecular weight is 433 g/mol. The van der Waals surface area contributed by atoms with Crippen LogP contribution in [0.4, 0.5) is 0 Å². The molecule has 0 bridgehead atoms. The van der Waals surface area contributed by atoms with E-state index in [1.807, 2.05) is 39.0 Å². The summed E-state index contributed by atoms with van der Waals surface area (Å²) >= 11 is 0. The first kappa shape index (κ1) is 21.7. The quantitative estimate of drug-likeness (QED) is 0.474. The summed E-state index contributed by atoms with van der Waals surface area (Å²) in [6.07, 6.45) is 0. The van der Waals surface area contributed by atoms with Gasteiger partial charge in [0.15, 0.2) is 5.66 Å². The fraction of sp³-hybridized carbons (Fsp3) is 0.296. The number of esters is 1. The molecular weight excluding hydrogens is 401 g/mol. The van der Waals surface area contributed by atoms with Crippen LogP contribution in [0.5, 0.6) is 0 Å². The molecule has 1 N–H and O–H groups in total. The van der Waals surface area contributed by atoms with Crippen LogP contribution in [0, 0.1) is 5.92 Å². The molecule has 3 nitrogen and oxygen atoms in total. The molecule has 0 spiro atoms. The molecule has 0 radical (unpaired) electrons. The fourth-order valence-electron chi connectivity index (χ4n) is 4.48. The van der Waals surface area contributed by atoms with Gasteiger partial charge in [0, 0.05) is 19.0 Å². The Kier molecular flexibility index (Phi) is 6.27. The predicted octanol–water partition coefficient (Wildman–Crippen LogP) is 3.91. The summed E-state index contributed by atoms with van der Waals surface area (Å²) in [6, 6.07) is 31.8. The van der Waals surface area contributed by atoms with Gasteiger partial charge in [-0.1, -0.05) is 54.6 Å². The standard InChI is InChI=1S/C27H31NO2P/c1-27(2,3)30-26(29)25(21-19-28-20-21)31(22-13-7-4-8-14-22,23-15-9-5-10-16-23)24-17-11-6-12-18-24/h4-18,21,25,28H,19-20H2,1-3H3/q+1. The second-order valence-corrected chi connectivity index (χ2v) is 12.7. The van der Waals surface area contributed by atoms with E-state index in [-0.39, 0.29) is 17.5 Å². The minimum atomic E-state index is -2.34. The first-order chi connectivity index (χ1) is 14.9. The van der Waals surface area contributed by atoms with Crippen LogP contribution in [-0.4, -0.2) is 30.3 Å². The Morgan fingerprint density at radius 2 is 1.19 bits per heavy atom. The van der Waals surface area contributed by atoms with E-state index in [4.69, 9.17) is 4.74 Å². The molecule has 0 saturated carbocycles. The first-order valence-electron chi connectivity index (χ1n) is 10.9. The molecule has 4 heteroatoms. The van der Waals surface area contributed by atoms with Gasteiger partial charge in [-0.2, -0.15) is 0 Å². The zero-order valence-corrected chi connectivity index (χ0v) is 19.4. The lowest BCUT2D eigenvalue weighted by atomic mass is 9.98. The Morgan fingerprint density at radius 3 is 1.48 bits per heavy atom. The number of hydrogen-bond donors (Lipinski definition) is 1. The van der Waals surface area contributed by atoms with E-state index < -0.39 is 12.9 Å². The maximum Gasteiger partial charge on any atom is 0.349 e. The molecule has 1 fully saturated rings. The van der Waals surface area contributed by atoms with E-state index in [1.54, 1.807) is 0 Å². The van der Waals surface area contributed by atoms with E-state index in [0.29, 0.717) is 0 Å². The third-order valence-corrected chi connectivity index (χ3v) is 10.6. The zero-order chi connectivity index (χ0) is 21.9. The topological polar surface area (TPSA) is 38.3 Å². The predicted molar refractivity (Wildman–Crippen MR) is 131 cm³/mol. The SMILES string of the molecule is CC(C)(C)OC(=O)C(C1CNC1)[P+](c1ccccc1)(c1ccccc1)c1ccccc1. The van der Waals surface area contributed by atoms with Crippen LogP contribution in [0.25, 0.3) is 0 Å². The fourth-order valence-corrected chi connectivity index (χ4v) is 9.48. The molecule has 1 unspecified atom stereocenters. The molecule has 3 aromatic carbocycles. The van der Waals surface area contributed by atoms with Gasteiger partial charge in [0.25, 0.3) is 0 Å². The Morgan fingerprint density at radius 1 is 0.806 bits per heavy atom. The number of carbonyl (C=O) groups is 1. The Labute approximate surface area is 186 Å². The number of carbonyl (C=O) groups excluding carboxylic acids is 1. The van der Waals surface area contributed by atoms with Crippen LogP contribution >= 0.6 is 7.26 Å². The molecule has 31 heavy (non-hydrogen) atoms. The summed E-state index contributed by atoms with van der Waals surface area (Å²) in [7, 11) is -2.34. The molecule has 0 amide bonds. The Bertz CT molecular complexity index is 899. The van der Waals surface area contributed by atoms with Crippen molar-refractivity contribution < 1.29 is 9.53 Å². The highest BCUT2D eigenvalue weighted by Gasteiger charge is 2.60. The molecule has 4 rings (SSSR count). The third kappa shape index (κ3) is 4.31. The lowest BCUT2D eigenvalue weighted by molar-refractivity contribution is -0.155. The molecule has 0 aliphatic carbocycles. The maximum absolute atomic E-state index is 13.9. The first-order valence-corrected chi connectivity index (χ1v) is 12.8. The van der Waals surface area contributed by atoms with Gasteiger partial charge >= 0.3 is 5.97 Å². The highest BCUT2D eigenvalue weighted by Crippen LogP contribution is 2.62. The summed E-state index contributed by atoms with van der Waals surface area (Å²) in [5, 5.41) is 7.05. The summed E-state index contributed by atoms with van der Waals surface area (Å²) in [5.41, 5.74) is -0.785. The monoisotopic (exact) mass is 432 g/mol. The minimum absolute atomic E-state index is 0.0936. The van der Waals surface area contributed by atoms with Gasteiger partial charge in [-0.3, -0.25) is 0 Å². The molecule has 1 aliphatic heterocycles. The van der Waals surface area contributed by atoms with Gasteiger partial charge in [-0.25, -0.2) is 4.79 Å². The van der Waals surface area contributed by atoms with Gasteiger partial charge in [-0.05, 0) is 57.2 Å². The van der Waals surface area contributed by atoms with Gasteiger partial charge in [0.2, 0.25) is 0 Å². The van der Waals surface area contributed by atoms with Crippen LogP contribution in [-0.2, 0) is 9.53 Å². The number of ether oxygens (including phenoxy) is 1. The Balaban J connectivity index is 2.03. The largest absolute Gasteiger partial charge is 0.457 e. The van der Waals surface area contributed by atoms with Crippen molar-refractivity contribution >= 4 is 29.1 Å². The zero-order valence-electron chi connectivity index (χ0n) is 18.5. The van der Waals surface area contributed by atoms with Crippen molar-refractivity contribution in [3.63, 3.8) is 0 Å². The van der Waals surface area contributed by atoms with Crippen molar-refractivity contribution in [1.82, 2.24) is 5.32 Å². The van der Waals surface area contributed by atoms with Crippen molar-refractivity contribution in [2.24, 2.45) is 5.92 Å². The smallest absolute Gasteiger partial charge is 0.349 e. The second kappa shape index (κ2) is 8.94. The van der Waals surface area contributed by atoms with Crippen LogP contribution in [0.2, 0.25) is 0 Å². The number of nitrogens with one attached hydrogen (secondary N) is 1. The second-order valence-electron chi connectivity index (χ2n) is 9.13. The molecule has 1 aliphatic rings. The van der Waals surface area contributed by atoms with E-state index >= 15 is 0 Å². The lowest BCUT2D eigenvalue weighted by Crippen LogP contribution is -2.57. The maximum atomic E-state index is 13.9. The molecule has 1 heterocycles. The van der Waals surface area contributed by atoms with E-state index in [0.717, 1.165) is 13.1 Å². The average Bonchev–Trinajstić information content (AvgIpc) is 2.73. The number of benzene rings is 3. The van der Waals surface area contributed by atoms with Gasteiger partial charge in [-0.15, -0.1) is 0 Å². The highest BCUT2D eigenvalue weighted by molar-refractivity contribution is 7.96.